The van der Waals surface area contributed by atoms with E-state index in [2.05, 4.69) is 20.1 Å². The minimum absolute atomic E-state index is 0.175. The molecule has 0 aromatic carbocycles. The second-order valence-corrected chi connectivity index (χ2v) is 8.88. The third-order valence-corrected chi connectivity index (χ3v) is 6.42. The van der Waals surface area contributed by atoms with Gasteiger partial charge in [-0.25, -0.2) is 9.78 Å². The van der Waals surface area contributed by atoms with Crippen molar-refractivity contribution in [3.63, 3.8) is 0 Å². The second-order valence-electron chi connectivity index (χ2n) is 8.88. The van der Waals surface area contributed by atoms with Crippen LogP contribution in [0.25, 0.3) is 0 Å². The molecular weight excluding hydrogens is 384 g/mol. The van der Waals surface area contributed by atoms with Crippen molar-refractivity contribution in [1.82, 2.24) is 9.88 Å². The number of carbonyl (C=O) groups is 2. The van der Waals surface area contributed by atoms with Gasteiger partial charge in [0.25, 0.3) is 0 Å². The highest BCUT2D eigenvalue weighted by Crippen LogP contribution is 2.42. The van der Waals surface area contributed by atoms with Crippen LogP contribution in [0.1, 0.15) is 46.0 Å². The molecule has 164 valence electrons. The zero-order valence-electron chi connectivity index (χ0n) is 17.9. The fourth-order valence-electron chi connectivity index (χ4n) is 4.91. The molecule has 0 unspecified atom stereocenters. The number of ether oxygens (including phenoxy) is 2. The van der Waals surface area contributed by atoms with Gasteiger partial charge in [-0.2, -0.15) is 0 Å². The van der Waals surface area contributed by atoms with Gasteiger partial charge in [-0.15, -0.1) is 0 Å². The van der Waals surface area contributed by atoms with Gasteiger partial charge in [-0.3, -0.25) is 10.1 Å². The van der Waals surface area contributed by atoms with Gasteiger partial charge in [0, 0.05) is 38.9 Å². The summed E-state index contributed by atoms with van der Waals surface area (Å²) in [6.45, 7) is 7.57. The van der Waals surface area contributed by atoms with Crippen molar-refractivity contribution in [2.75, 3.05) is 43.1 Å². The largest absolute Gasteiger partial charge is 0.447 e. The number of hydrogen-bond donors (Lipinski definition) is 1. The summed E-state index contributed by atoms with van der Waals surface area (Å²) in [6, 6.07) is 4.06. The topological polar surface area (TPSA) is 84.0 Å². The summed E-state index contributed by atoms with van der Waals surface area (Å²) in [4.78, 5) is 34.0. The van der Waals surface area contributed by atoms with Gasteiger partial charge in [0.05, 0.1) is 23.4 Å². The monoisotopic (exact) mass is 416 g/mol. The van der Waals surface area contributed by atoms with Crippen molar-refractivity contribution in [1.29, 1.82) is 0 Å². The molecule has 0 saturated carbocycles. The molecule has 3 aliphatic heterocycles. The molecule has 3 saturated heterocycles. The SMILES string of the molecule is CC(C)OC(=O)Nc1ccc(N2CCC[C@@]3(CCN(C4CCOCC4)C3=O)C2)nc1. The Bertz CT molecular complexity index is 763. The van der Waals surface area contributed by atoms with E-state index in [9.17, 15) is 9.59 Å². The summed E-state index contributed by atoms with van der Waals surface area (Å²) in [7, 11) is 0. The maximum absolute atomic E-state index is 13.4. The lowest BCUT2D eigenvalue weighted by molar-refractivity contribution is -0.139. The Morgan fingerprint density at radius 3 is 2.77 bits per heavy atom. The molecule has 0 bridgehead atoms. The zero-order valence-corrected chi connectivity index (χ0v) is 17.9. The number of rotatable bonds is 4. The number of anilines is 2. The van der Waals surface area contributed by atoms with E-state index in [4.69, 9.17) is 9.47 Å². The molecule has 8 nitrogen and oxygen atoms in total. The average molecular weight is 417 g/mol. The van der Waals surface area contributed by atoms with Gasteiger partial charge in [0.15, 0.2) is 0 Å². The molecule has 30 heavy (non-hydrogen) atoms. The third-order valence-electron chi connectivity index (χ3n) is 6.42. The van der Waals surface area contributed by atoms with Crippen molar-refractivity contribution in [2.45, 2.75) is 58.1 Å². The van der Waals surface area contributed by atoms with Crippen LogP contribution in [0.5, 0.6) is 0 Å². The standard InChI is InChI=1S/C22H32N4O4/c1-16(2)30-21(28)24-17-4-5-19(23-14-17)25-10-3-8-22(15-25)9-11-26(20(22)27)18-6-12-29-13-7-18/h4-5,14,16,18H,3,6-13,15H2,1-2H3,(H,24,28)/t22-/m1/s1. The molecule has 3 fully saturated rings. The van der Waals surface area contributed by atoms with Gasteiger partial charge in [0.1, 0.15) is 5.82 Å². The normalized spacial score (nSPS) is 25.2. The number of pyridine rings is 1. The smallest absolute Gasteiger partial charge is 0.411 e. The van der Waals surface area contributed by atoms with Crippen LogP contribution in [-0.4, -0.2) is 66.9 Å². The first kappa shape index (κ1) is 20.9. The van der Waals surface area contributed by atoms with Crippen LogP contribution in [0, 0.1) is 5.41 Å². The average Bonchev–Trinajstić information content (AvgIpc) is 3.04. The lowest BCUT2D eigenvalue weighted by atomic mass is 9.78. The van der Waals surface area contributed by atoms with Crippen molar-refractivity contribution in [3.8, 4) is 0 Å². The lowest BCUT2D eigenvalue weighted by Crippen LogP contribution is -2.50. The zero-order chi connectivity index (χ0) is 21.1. The van der Waals surface area contributed by atoms with Crippen LogP contribution in [0.2, 0.25) is 0 Å². The Labute approximate surface area is 177 Å². The Balaban J connectivity index is 1.40. The molecule has 4 rings (SSSR count). The molecule has 2 amide bonds. The van der Waals surface area contributed by atoms with Crippen molar-refractivity contribution >= 4 is 23.5 Å². The molecule has 8 heteroatoms. The van der Waals surface area contributed by atoms with Gasteiger partial charge >= 0.3 is 6.09 Å². The van der Waals surface area contributed by atoms with Crippen LogP contribution in [0.3, 0.4) is 0 Å². The Morgan fingerprint density at radius 2 is 2.07 bits per heavy atom. The predicted molar refractivity (Wildman–Crippen MR) is 114 cm³/mol. The summed E-state index contributed by atoms with van der Waals surface area (Å²) >= 11 is 0. The van der Waals surface area contributed by atoms with Gasteiger partial charge in [0.2, 0.25) is 5.91 Å². The van der Waals surface area contributed by atoms with Gasteiger partial charge in [-0.05, 0) is 58.1 Å². The van der Waals surface area contributed by atoms with E-state index in [-0.39, 0.29) is 11.5 Å². The second kappa shape index (κ2) is 8.79. The molecule has 1 N–H and O–H groups in total. The molecular formula is C22H32N4O4. The first-order valence-electron chi connectivity index (χ1n) is 11.0. The summed E-state index contributed by atoms with van der Waals surface area (Å²) in [5, 5.41) is 2.69. The Morgan fingerprint density at radius 1 is 1.27 bits per heavy atom. The molecule has 0 aliphatic carbocycles. The Hall–Kier alpha value is -2.35. The van der Waals surface area contributed by atoms with Gasteiger partial charge < -0.3 is 19.3 Å². The number of carbonyl (C=O) groups excluding carboxylic acids is 2. The van der Waals surface area contributed by atoms with E-state index < -0.39 is 6.09 Å². The highest BCUT2D eigenvalue weighted by Gasteiger charge is 2.50. The van der Waals surface area contributed by atoms with E-state index in [1.165, 1.54) is 0 Å². The Kier molecular flexibility index (Phi) is 6.13. The minimum Gasteiger partial charge on any atom is -0.447 e. The van der Waals surface area contributed by atoms with Crippen LogP contribution < -0.4 is 10.2 Å². The summed E-state index contributed by atoms with van der Waals surface area (Å²) in [5.74, 6) is 1.16. The predicted octanol–water partition coefficient (Wildman–Crippen LogP) is 3.04. The van der Waals surface area contributed by atoms with Crippen LogP contribution in [0.15, 0.2) is 18.3 Å². The summed E-state index contributed by atoms with van der Waals surface area (Å²) in [5.41, 5.74) is 0.301. The maximum Gasteiger partial charge on any atom is 0.411 e. The quantitative estimate of drug-likeness (QED) is 0.812. The van der Waals surface area contributed by atoms with Crippen LogP contribution in [0.4, 0.5) is 16.3 Å². The van der Waals surface area contributed by atoms with Crippen LogP contribution >= 0.6 is 0 Å². The van der Waals surface area contributed by atoms with E-state index in [1.807, 2.05) is 12.1 Å². The number of hydrogen-bond acceptors (Lipinski definition) is 6. The van der Waals surface area contributed by atoms with E-state index >= 15 is 0 Å². The maximum atomic E-state index is 13.4. The molecule has 1 atom stereocenters. The third kappa shape index (κ3) is 4.38. The van der Waals surface area contributed by atoms with Crippen LogP contribution in [-0.2, 0) is 14.3 Å². The highest BCUT2D eigenvalue weighted by molar-refractivity contribution is 5.86. The number of nitrogens with zero attached hydrogens (tertiary/aromatic N) is 3. The van der Waals surface area contributed by atoms with E-state index in [0.29, 0.717) is 24.2 Å². The highest BCUT2D eigenvalue weighted by atomic mass is 16.6. The van der Waals surface area contributed by atoms with E-state index in [0.717, 1.165) is 64.2 Å². The number of likely N-dealkylation sites (tertiary alicyclic amines) is 1. The number of nitrogens with one attached hydrogen (secondary N) is 1. The van der Waals surface area contributed by atoms with Crippen molar-refractivity contribution < 1.29 is 19.1 Å². The fraction of sp³-hybridized carbons (Fsp3) is 0.682. The summed E-state index contributed by atoms with van der Waals surface area (Å²) < 4.78 is 10.6. The number of amides is 2. The minimum atomic E-state index is -0.485. The first-order valence-corrected chi connectivity index (χ1v) is 11.0. The van der Waals surface area contributed by atoms with Crippen molar-refractivity contribution in [3.05, 3.63) is 18.3 Å². The van der Waals surface area contributed by atoms with Gasteiger partial charge in [-0.1, -0.05) is 0 Å². The number of piperidine rings is 1. The summed E-state index contributed by atoms with van der Waals surface area (Å²) in [6.07, 6.45) is 5.72. The molecule has 3 aliphatic rings. The molecule has 1 spiro atoms. The van der Waals surface area contributed by atoms with Crippen molar-refractivity contribution in [2.24, 2.45) is 5.41 Å². The molecule has 1 aromatic heterocycles. The molecule has 1 aromatic rings. The molecule has 0 radical (unpaired) electrons. The lowest BCUT2D eigenvalue weighted by Gasteiger charge is -2.40. The molecule has 4 heterocycles. The fourth-order valence-corrected chi connectivity index (χ4v) is 4.91. The first-order chi connectivity index (χ1) is 14.5. The number of aromatic nitrogens is 1. The van der Waals surface area contributed by atoms with E-state index in [1.54, 1.807) is 20.0 Å².